The van der Waals surface area contributed by atoms with Crippen LogP contribution in [-0.4, -0.2) is 29.8 Å². The van der Waals surface area contributed by atoms with Crippen molar-refractivity contribution in [1.29, 1.82) is 0 Å². The van der Waals surface area contributed by atoms with Crippen molar-refractivity contribution in [3.05, 3.63) is 29.8 Å². The smallest absolute Gasteiger partial charge is 0.120 e. The molecule has 110 valence electrons. The molecule has 2 unspecified atom stereocenters. The van der Waals surface area contributed by atoms with Crippen LogP contribution >= 0.6 is 11.8 Å². The number of hydrogen-bond donors (Lipinski definition) is 1. The van der Waals surface area contributed by atoms with Crippen LogP contribution in [0.5, 0.6) is 5.75 Å². The highest BCUT2D eigenvalue weighted by Gasteiger charge is 2.41. The molecule has 0 aliphatic carbocycles. The summed E-state index contributed by atoms with van der Waals surface area (Å²) in [4.78, 5) is 0. The van der Waals surface area contributed by atoms with Crippen molar-refractivity contribution in [3.63, 3.8) is 0 Å². The summed E-state index contributed by atoms with van der Waals surface area (Å²) in [5, 5.41) is 0. The van der Waals surface area contributed by atoms with Crippen LogP contribution in [0.2, 0.25) is 0 Å². The molecule has 0 radical (unpaired) electrons. The van der Waals surface area contributed by atoms with Gasteiger partial charge in [0.25, 0.3) is 0 Å². The normalized spacial score (nSPS) is 31.4. The molecule has 2 fully saturated rings. The Morgan fingerprint density at radius 1 is 1.50 bits per heavy atom. The second-order valence-electron chi connectivity index (χ2n) is 5.93. The summed E-state index contributed by atoms with van der Waals surface area (Å²) >= 11 is 2.00. The van der Waals surface area contributed by atoms with Crippen LogP contribution in [0.3, 0.4) is 0 Å². The molecular weight excluding hydrogens is 270 g/mol. The molecule has 4 heteroatoms. The van der Waals surface area contributed by atoms with E-state index in [4.69, 9.17) is 15.2 Å². The Balaban J connectivity index is 1.66. The van der Waals surface area contributed by atoms with E-state index >= 15 is 0 Å². The molecule has 2 N–H and O–H groups in total. The van der Waals surface area contributed by atoms with Gasteiger partial charge in [-0.2, -0.15) is 11.8 Å². The highest BCUT2D eigenvalue weighted by Crippen LogP contribution is 2.39. The molecule has 20 heavy (non-hydrogen) atoms. The van der Waals surface area contributed by atoms with Gasteiger partial charge in [-0.3, -0.25) is 0 Å². The third-order valence-electron chi connectivity index (χ3n) is 4.20. The van der Waals surface area contributed by atoms with Gasteiger partial charge in [-0.25, -0.2) is 0 Å². The van der Waals surface area contributed by atoms with E-state index in [0.717, 1.165) is 42.9 Å². The molecule has 3 atom stereocenters. The molecule has 2 heterocycles. The van der Waals surface area contributed by atoms with Crippen LogP contribution < -0.4 is 10.5 Å². The van der Waals surface area contributed by atoms with Crippen molar-refractivity contribution in [2.75, 3.05) is 18.1 Å². The summed E-state index contributed by atoms with van der Waals surface area (Å²) in [5.41, 5.74) is 7.13. The number of nitrogens with two attached hydrogens (primary N) is 1. The molecule has 3 rings (SSSR count). The van der Waals surface area contributed by atoms with Crippen molar-refractivity contribution >= 4 is 11.8 Å². The fraction of sp³-hybridized carbons (Fsp3) is 0.625. The number of benzene rings is 1. The van der Waals surface area contributed by atoms with E-state index in [0.29, 0.717) is 0 Å². The van der Waals surface area contributed by atoms with Crippen molar-refractivity contribution in [2.24, 2.45) is 5.73 Å². The first-order valence-corrected chi connectivity index (χ1v) is 8.56. The first-order chi connectivity index (χ1) is 9.67. The Kier molecular flexibility index (Phi) is 4.24. The van der Waals surface area contributed by atoms with E-state index in [2.05, 4.69) is 12.1 Å². The van der Waals surface area contributed by atoms with Crippen molar-refractivity contribution in [2.45, 2.75) is 43.9 Å². The summed E-state index contributed by atoms with van der Waals surface area (Å²) in [6.45, 7) is 2.82. The molecule has 1 aromatic carbocycles. The molecule has 0 aromatic heterocycles. The lowest BCUT2D eigenvalue weighted by Gasteiger charge is -2.37. The van der Waals surface area contributed by atoms with Gasteiger partial charge in [0.15, 0.2) is 0 Å². The van der Waals surface area contributed by atoms with Gasteiger partial charge < -0.3 is 15.2 Å². The Hall–Kier alpha value is -0.710. The molecular formula is C16H23NO2S. The zero-order valence-corrected chi connectivity index (χ0v) is 12.8. The zero-order valence-electron chi connectivity index (χ0n) is 12.0. The summed E-state index contributed by atoms with van der Waals surface area (Å²) in [5.74, 6) is 3.27. The van der Waals surface area contributed by atoms with Gasteiger partial charge >= 0.3 is 0 Å². The summed E-state index contributed by atoms with van der Waals surface area (Å²) in [6, 6.07) is 8.21. The SMILES string of the molecule is C[C@H](N)c1cccc(OC2CCOC3(CCSC3)C2)c1. The minimum absolute atomic E-state index is 0.0470. The number of rotatable bonds is 3. The van der Waals surface area contributed by atoms with E-state index in [1.165, 1.54) is 5.75 Å². The summed E-state index contributed by atoms with van der Waals surface area (Å²) in [7, 11) is 0. The van der Waals surface area contributed by atoms with Crippen LogP contribution in [0.1, 0.15) is 37.8 Å². The second-order valence-corrected chi connectivity index (χ2v) is 7.03. The molecule has 2 aliphatic rings. The van der Waals surface area contributed by atoms with E-state index in [1.54, 1.807) is 0 Å². The molecule has 1 aromatic rings. The number of ether oxygens (including phenoxy) is 2. The van der Waals surface area contributed by atoms with Crippen LogP contribution in [0.15, 0.2) is 24.3 Å². The quantitative estimate of drug-likeness (QED) is 0.930. The van der Waals surface area contributed by atoms with E-state index in [9.17, 15) is 0 Å². The average molecular weight is 293 g/mol. The topological polar surface area (TPSA) is 44.5 Å². The Labute approximate surface area is 125 Å². The van der Waals surface area contributed by atoms with Crippen LogP contribution in [0.25, 0.3) is 0 Å². The fourth-order valence-corrected chi connectivity index (χ4v) is 4.39. The molecule has 1 spiro atoms. The Bertz CT molecular complexity index is 458. The standard InChI is InChI=1S/C16H23NO2S/c1-12(17)13-3-2-4-14(9-13)19-15-5-7-18-16(10-15)6-8-20-11-16/h2-4,9,12,15H,5-8,10-11,17H2,1H3/t12-,15?,16?/m0/s1. The van der Waals surface area contributed by atoms with Gasteiger partial charge in [0, 0.05) is 24.6 Å². The lowest BCUT2D eigenvalue weighted by Crippen LogP contribution is -2.43. The first kappa shape index (κ1) is 14.2. The van der Waals surface area contributed by atoms with Gasteiger partial charge in [0.2, 0.25) is 0 Å². The third kappa shape index (κ3) is 3.13. The summed E-state index contributed by atoms with van der Waals surface area (Å²) < 4.78 is 12.2. The zero-order chi connectivity index (χ0) is 14.0. The summed E-state index contributed by atoms with van der Waals surface area (Å²) in [6.07, 6.45) is 3.43. The monoisotopic (exact) mass is 293 g/mol. The maximum Gasteiger partial charge on any atom is 0.120 e. The van der Waals surface area contributed by atoms with Crippen molar-refractivity contribution < 1.29 is 9.47 Å². The molecule has 0 amide bonds. The van der Waals surface area contributed by atoms with Crippen molar-refractivity contribution in [3.8, 4) is 5.75 Å². The largest absolute Gasteiger partial charge is 0.490 e. The van der Waals surface area contributed by atoms with E-state index < -0.39 is 0 Å². The average Bonchev–Trinajstić information content (AvgIpc) is 2.87. The maximum atomic E-state index is 6.19. The van der Waals surface area contributed by atoms with Gasteiger partial charge in [-0.15, -0.1) is 0 Å². The van der Waals surface area contributed by atoms with Crippen LogP contribution in [0, 0.1) is 0 Å². The molecule has 0 saturated carbocycles. The van der Waals surface area contributed by atoms with E-state index in [1.807, 2.05) is 30.8 Å². The minimum Gasteiger partial charge on any atom is -0.490 e. The molecule has 0 bridgehead atoms. The molecule has 2 aliphatic heterocycles. The van der Waals surface area contributed by atoms with E-state index in [-0.39, 0.29) is 17.7 Å². The van der Waals surface area contributed by atoms with Gasteiger partial charge in [0.05, 0.1) is 12.2 Å². The minimum atomic E-state index is 0.0470. The maximum absolute atomic E-state index is 6.19. The predicted octanol–water partition coefficient (Wildman–Crippen LogP) is 3.14. The lowest BCUT2D eigenvalue weighted by atomic mass is 9.91. The van der Waals surface area contributed by atoms with Crippen LogP contribution in [0.4, 0.5) is 0 Å². The van der Waals surface area contributed by atoms with Gasteiger partial charge in [-0.05, 0) is 36.8 Å². The highest BCUT2D eigenvalue weighted by atomic mass is 32.2. The third-order valence-corrected chi connectivity index (χ3v) is 5.42. The second kappa shape index (κ2) is 5.96. The lowest BCUT2D eigenvalue weighted by molar-refractivity contribution is -0.0959. The molecule has 3 nitrogen and oxygen atoms in total. The molecule has 2 saturated heterocycles. The van der Waals surface area contributed by atoms with Gasteiger partial charge in [0.1, 0.15) is 11.9 Å². The number of thioether (sulfide) groups is 1. The predicted molar refractivity (Wildman–Crippen MR) is 83.3 cm³/mol. The Morgan fingerprint density at radius 3 is 3.15 bits per heavy atom. The first-order valence-electron chi connectivity index (χ1n) is 7.41. The Morgan fingerprint density at radius 2 is 2.40 bits per heavy atom. The van der Waals surface area contributed by atoms with Crippen molar-refractivity contribution in [1.82, 2.24) is 0 Å². The van der Waals surface area contributed by atoms with Gasteiger partial charge in [-0.1, -0.05) is 12.1 Å². The number of hydrogen-bond acceptors (Lipinski definition) is 4. The highest BCUT2D eigenvalue weighted by molar-refractivity contribution is 7.99. The van der Waals surface area contributed by atoms with Crippen LogP contribution in [-0.2, 0) is 4.74 Å². The fourth-order valence-electron chi connectivity index (χ4n) is 3.01.